The second-order valence-electron chi connectivity index (χ2n) is 1.89. The van der Waals surface area contributed by atoms with E-state index < -0.39 is 0 Å². The average Bonchev–Trinajstić information content (AvgIpc) is 2.57. The number of methoxy groups -OCH3 is 1. The van der Waals surface area contributed by atoms with E-state index in [1.165, 1.54) is 12.8 Å². The number of ether oxygens (including phenoxy) is 1. The summed E-state index contributed by atoms with van der Waals surface area (Å²) in [6, 6.07) is 0. The van der Waals surface area contributed by atoms with Gasteiger partial charge in [-0.25, -0.2) is 0 Å². The van der Waals surface area contributed by atoms with Crippen molar-refractivity contribution in [1.82, 2.24) is 0 Å². The molecule has 0 unspecified atom stereocenters. The van der Waals surface area contributed by atoms with E-state index >= 15 is 0 Å². The fourth-order valence-electron chi connectivity index (χ4n) is 0.477. The van der Waals surface area contributed by atoms with E-state index in [4.69, 9.17) is 28.0 Å². The number of rotatable bonds is 3. The molecule has 108 valence electrons. The third-order valence-electron chi connectivity index (χ3n) is 0.997. The molecule has 0 radical (unpaired) electrons. The van der Waals surface area contributed by atoms with Crippen molar-refractivity contribution < 1.29 is 45.4 Å². The van der Waals surface area contributed by atoms with Gasteiger partial charge < -0.3 is 4.74 Å². The average molecular weight is 318 g/mol. The van der Waals surface area contributed by atoms with Crippen molar-refractivity contribution in [3.63, 3.8) is 0 Å². The first kappa shape index (κ1) is 42.8. The van der Waals surface area contributed by atoms with Crippen molar-refractivity contribution in [2.24, 2.45) is 0 Å². The first-order chi connectivity index (χ1) is 9.41. The number of hydrogen-bond acceptors (Lipinski definition) is 1. The third-order valence-corrected chi connectivity index (χ3v) is 0.997. The van der Waals surface area contributed by atoms with Crippen LogP contribution in [0, 0.1) is 45.1 Å². The summed E-state index contributed by atoms with van der Waals surface area (Å²) in [5.74, 6) is 5.91. The van der Waals surface area contributed by atoms with Crippen LogP contribution in [0.2, 0.25) is 0 Å². The maximum absolute atomic E-state index is 7.50. The molecule has 0 heterocycles. The second kappa shape index (κ2) is 151. The zero-order valence-electron chi connectivity index (χ0n) is 11.2. The van der Waals surface area contributed by atoms with E-state index in [0.29, 0.717) is 6.61 Å². The van der Waals surface area contributed by atoms with Gasteiger partial charge in [0.25, 0.3) is 0 Å². The van der Waals surface area contributed by atoms with Gasteiger partial charge in [0.2, 0.25) is 0 Å². The Labute approximate surface area is 131 Å². The Morgan fingerprint density at radius 2 is 1.15 bits per heavy atom. The molecule has 6 nitrogen and oxygen atoms in total. The molecule has 0 N–H and O–H groups in total. The van der Waals surface area contributed by atoms with Crippen LogP contribution in [0.1, 0.15) is 26.2 Å². The molecule has 0 saturated carbocycles. The summed E-state index contributed by atoms with van der Waals surface area (Å²) < 4.78 is 42.2. The molecule has 0 saturated heterocycles. The molecule has 0 aromatic heterocycles. The first-order valence-corrected chi connectivity index (χ1v) is 4.38. The standard InChI is InChI=1S/C8H14O.5CO.Cr/c1-3-4-5-6-7-8-9-2;5*1-2;/h3-5,8H2,1-2H3;;;;;;. The van der Waals surface area contributed by atoms with Gasteiger partial charge in [0, 0.05) is 30.9 Å². The quantitative estimate of drug-likeness (QED) is 0.335. The zero-order valence-corrected chi connectivity index (χ0v) is 12.5. The van der Waals surface area contributed by atoms with E-state index in [2.05, 4.69) is 52.0 Å². The molecule has 0 spiro atoms. The molecule has 0 aliphatic heterocycles. The minimum atomic E-state index is 0. The van der Waals surface area contributed by atoms with Gasteiger partial charge in [-0.15, -0.1) is 5.92 Å². The fraction of sp³-hybridized carbons (Fsp3) is 0.462. The van der Waals surface area contributed by atoms with Gasteiger partial charge in [0.15, 0.2) is 0 Å². The molecule has 0 atom stereocenters. The SMILES string of the molecule is CCCCC#CCOC.[C-]#[O+].[C-]#[O+].[C-]#[O+].[C-]#[O+].[C-]#[O+].[Cr]. The molecule has 0 aromatic carbocycles. The van der Waals surface area contributed by atoms with Crippen molar-refractivity contribution in [2.45, 2.75) is 26.2 Å². The zero-order chi connectivity index (χ0) is 16.9. The van der Waals surface area contributed by atoms with Crippen LogP contribution >= 0.6 is 0 Å². The summed E-state index contributed by atoms with van der Waals surface area (Å²) in [7, 11) is 1.66. The van der Waals surface area contributed by atoms with Crippen LogP contribution in [0.3, 0.4) is 0 Å². The first-order valence-electron chi connectivity index (χ1n) is 4.38. The Morgan fingerprint density at radius 3 is 1.40 bits per heavy atom. The number of hydrogen-bond donors (Lipinski definition) is 0. The molecule has 0 fully saturated rings. The summed E-state index contributed by atoms with van der Waals surface area (Å²) >= 11 is 0. The molecule has 0 aliphatic carbocycles. The molecule has 0 aromatic rings. The summed E-state index contributed by atoms with van der Waals surface area (Å²) in [4.78, 5) is 0. The Kier molecular flexibility index (Phi) is 322. The number of unbranched alkanes of at least 4 members (excludes halogenated alkanes) is 2. The smallest absolute Gasteiger partial charge is 0 e. The van der Waals surface area contributed by atoms with Crippen LogP contribution in [0.4, 0.5) is 0 Å². The summed E-state index contributed by atoms with van der Waals surface area (Å²) in [5, 5.41) is 0. The third kappa shape index (κ3) is 184. The van der Waals surface area contributed by atoms with Gasteiger partial charge in [-0.1, -0.05) is 19.3 Å². The van der Waals surface area contributed by atoms with Crippen LogP contribution in [0.5, 0.6) is 0 Å². The minimum Gasteiger partial charge on any atom is 0 e. The van der Waals surface area contributed by atoms with Crippen LogP contribution in [-0.2, 0) is 45.4 Å². The minimum absolute atomic E-state index is 0. The van der Waals surface area contributed by atoms with Gasteiger partial charge in [0.05, 0.1) is 0 Å². The van der Waals surface area contributed by atoms with Crippen LogP contribution in [0.25, 0.3) is 0 Å². The van der Waals surface area contributed by atoms with Crippen molar-refractivity contribution in [2.75, 3.05) is 13.7 Å². The van der Waals surface area contributed by atoms with Crippen molar-refractivity contribution >= 4 is 0 Å². The van der Waals surface area contributed by atoms with Gasteiger partial charge in [-0.3, -0.25) is 0 Å². The Bertz CT molecular complexity index is 232. The van der Waals surface area contributed by atoms with E-state index in [0.717, 1.165) is 6.42 Å². The van der Waals surface area contributed by atoms with E-state index in [9.17, 15) is 0 Å². The summed E-state index contributed by atoms with van der Waals surface area (Å²) in [5.41, 5.74) is 0. The molecule has 0 aliphatic rings. The molecular formula is C13H14CrO6. The largest absolute Gasteiger partial charge is 0 e. The molecule has 0 amide bonds. The van der Waals surface area contributed by atoms with E-state index in [1.54, 1.807) is 7.11 Å². The van der Waals surface area contributed by atoms with Gasteiger partial charge in [-0.05, 0) is 6.42 Å². The van der Waals surface area contributed by atoms with Crippen LogP contribution < -0.4 is 0 Å². The Hall–Kier alpha value is -1.25. The summed E-state index contributed by atoms with van der Waals surface area (Å²) in [6.07, 6.45) is 3.44. The van der Waals surface area contributed by atoms with Gasteiger partial charge in [0.1, 0.15) is 6.61 Å². The summed E-state index contributed by atoms with van der Waals surface area (Å²) in [6.45, 7) is 25.2. The Balaban J connectivity index is -0.0000000261. The maximum atomic E-state index is 7.50. The predicted octanol–water partition coefficient (Wildman–Crippen LogP) is 1.64. The van der Waals surface area contributed by atoms with Crippen LogP contribution in [-0.4, -0.2) is 13.7 Å². The molecule has 7 heteroatoms. The van der Waals surface area contributed by atoms with E-state index in [1.807, 2.05) is 0 Å². The Morgan fingerprint density at radius 1 is 0.800 bits per heavy atom. The van der Waals surface area contributed by atoms with Crippen molar-refractivity contribution in [3.8, 4) is 11.8 Å². The molecule has 0 rings (SSSR count). The van der Waals surface area contributed by atoms with Gasteiger partial charge in [-0.2, -0.15) is 0 Å². The predicted molar refractivity (Wildman–Crippen MR) is 58.8 cm³/mol. The molecule has 0 bridgehead atoms. The van der Waals surface area contributed by atoms with Crippen molar-refractivity contribution in [1.29, 1.82) is 0 Å². The van der Waals surface area contributed by atoms with E-state index in [-0.39, 0.29) is 17.4 Å². The van der Waals surface area contributed by atoms with Gasteiger partial charge >= 0.3 is 56.5 Å². The van der Waals surface area contributed by atoms with Crippen molar-refractivity contribution in [3.05, 3.63) is 33.3 Å². The second-order valence-corrected chi connectivity index (χ2v) is 1.89. The maximum Gasteiger partial charge on any atom is 0 e. The normalized spacial score (nSPS) is 4.20. The monoisotopic (exact) mass is 318 g/mol. The fourth-order valence-corrected chi connectivity index (χ4v) is 0.477. The molecule has 20 heavy (non-hydrogen) atoms. The topological polar surface area (TPSA) is 109 Å². The van der Waals surface area contributed by atoms with Crippen LogP contribution in [0.15, 0.2) is 0 Å². The molecular weight excluding hydrogens is 304 g/mol.